The van der Waals surface area contributed by atoms with Crippen molar-refractivity contribution in [1.29, 1.82) is 0 Å². The molecule has 1 amide bonds. The van der Waals surface area contributed by atoms with Gasteiger partial charge in [-0.05, 0) is 25.0 Å². The molecule has 0 aromatic carbocycles. The molecule has 0 radical (unpaired) electrons. The molecule has 2 aliphatic rings. The van der Waals surface area contributed by atoms with Crippen LogP contribution in [0, 0.1) is 0 Å². The molecule has 0 saturated carbocycles. The van der Waals surface area contributed by atoms with Crippen molar-refractivity contribution in [3.05, 3.63) is 36.4 Å². The van der Waals surface area contributed by atoms with E-state index < -0.39 is 0 Å². The number of ether oxygens (including phenoxy) is 1. The Bertz CT molecular complexity index is 1000. The summed E-state index contributed by atoms with van der Waals surface area (Å²) in [5.74, 6) is 0.760. The fraction of sp³-hybridized carbons (Fsp3) is 0.474. The Hall–Kier alpha value is -3.14. The van der Waals surface area contributed by atoms with Crippen molar-refractivity contribution < 1.29 is 9.53 Å². The lowest BCUT2D eigenvalue weighted by molar-refractivity contribution is -0.0299. The van der Waals surface area contributed by atoms with Crippen LogP contribution in [0.15, 0.2) is 30.7 Å². The molecular weight excluding hydrogens is 372 g/mol. The minimum absolute atomic E-state index is 0.0824. The Labute approximate surface area is 167 Å². The van der Waals surface area contributed by atoms with Crippen LogP contribution in [-0.2, 0) is 11.3 Å². The molecule has 10 heteroatoms. The predicted molar refractivity (Wildman–Crippen MR) is 104 cm³/mol. The number of carbonyl (C=O) groups is 1. The number of hydrogen-bond acceptors (Lipinski definition) is 8. The van der Waals surface area contributed by atoms with E-state index in [9.17, 15) is 4.79 Å². The SMILES string of the molecule is O=C(c1ccccn1)N1CCO[C@@H](Cn2nnc3c(N4CCCC4)ncnc32)C1. The van der Waals surface area contributed by atoms with E-state index in [-0.39, 0.29) is 12.0 Å². The van der Waals surface area contributed by atoms with Gasteiger partial charge >= 0.3 is 0 Å². The lowest BCUT2D eigenvalue weighted by Crippen LogP contribution is -2.47. The molecule has 1 atom stereocenters. The number of hydrogen-bond donors (Lipinski definition) is 0. The van der Waals surface area contributed by atoms with Crippen LogP contribution in [0.2, 0.25) is 0 Å². The molecule has 10 nitrogen and oxygen atoms in total. The Kier molecular flexibility index (Phi) is 4.76. The Morgan fingerprint density at radius 1 is 1.14 bits per heavy atom. The van der Waals surface area contributed by atoms with E-state index in [1.54, 1.807) is 34.2 Å². The predicted octanol–water partition coefficient (Wildman–Crippen LogP) is 0.758. The molecule has 5 heterocycles. The van der Waals surface area contributed by atoms with Gasteiger partial charge in [-0.2, -0.15) is 0 Å². The third-order valence-corrected chi connectivity index (χ3v) is 5.37. The summed E-state index contributed by atoms with van der Waals surface area (Å²) in [4.78, 5) is 29.7. The van der Waals surface area contributed by atoms with Crippen LogP contribution in [0.1, 0.15) is 23.3 Å². The molecule has 3 aromatic rings. The molecule has 150 valence electrons. The zero-order valence-corrected chi connectivity index (χ0v) is 16.0. The van der Waals surface area contributed by atoms with Crippen LogP contribution in [0.3, 0.4) is 0 Å². The van der Waals surface area contributed by atoms with E-state index in [1.807, 2.05) is 6.07 Å². The molecule has 0 bridgehead atoms. The number of amides is 1. The van der Waals surface area contributed by atoms with Crippen LogP contribution in [0.5, 0.6) is 0 Å². The normalized spacial score (nSPS) is 19.8. The Balaban J connectivity index is 1.33. The summed E-state index contributed by atoms with van der Waals surface area (Å²) in [6, 6.07) is 5.35. The van der Waals surface area contributed by atoms with Crippen LogP contribution >= 0.6 is 0 Å². The summed E-state index contributed by atoms with van der Waals surface area (Å²) in [5.41, 5.74) is 1.85. The minimum Gasteiger partial charge on any atom is -0.373 e. The summed E-state index contributed by atoms with van der Waals surface area (Å²) >= 11 is 0. The van der Waals surface area contributed by atoms with Gasteiger partial charge in [-0.1, -0.05) is 11.3 Å². The van der Waals surface area contributed by atoms with Gasteiger partial charge in [0.25, 0.3) is 5.91 Å². The maximum Gasteiger partial charge on any atom is 0.272 e. The zero-order chi connectivity index (χ0) is 19.6. The van der Waals surface area contributed by atoms with Crippen molar-refractivity contribution in [2.24, 2.45) is 0 Å². The van der Waals surface area contributed by atoms with E-state index >= 15 is 0 Å². The van der Waals surface area contributed by atoms with Gasteiger partial charge in [0.15, 0.2) is 17.0 Å². The number of carbonyl (C=O) groups excluding carboxylic acids is 1. The summed E-state index contributed by atoms with van der Waals surface area (Å²) < 4.78 is 7.64. The van der Waals surface area contributed by atoms with E-state index in [4.69, 9.17) is 4.74 Å². The molecule has 2 aliphatic heterocycles. The van der Waals surface area contributed by atoms with E-state index in [0.717, 1.165) is 31.7 Å². The van der Waals surface area contributed by atoms with Crippen molar-refractivity contribution in [1.82, 2.24) is 34.8 Å². The van der Waals surface area contributed by atoms with Gasteiger partial charge in [0.05, 0.1) is 19.3 Å². The average Bonchev–Trinajstić information content (AvgIpc) is 3.45. The van der Waals surface area contributed by atoms with Crippen LogP contribution < -0.4 is 4.90 Å². The number of fused-ring (bicyclic) bond motifs is 1. The highest BCUT2D eigenvalue weighted by Crippen LogP contribution is 2.24. The Morgan fingerprint density at radius 2 is 2.03 bits per heavy atom. The van der Waals surface area contributed by atoms with Gasteiger partial charge < -0.3 is 14.5 Å². The molecular formula is C19H22N8O2. The molecule has 3 aromatic heterocycles. The first-order chi connectivity index (χ1) is 14.3. The van der Waals surface area contributed by atoms with Crippen molar-refractivity contribution >= 4 is 22.9 Å². The highest BCUT2D eigenvalue weighted by Gasteiger charge is 2.27. The standard InChI is InChI=1S/C19H22N8O2/c28-19(15-5-1-2-6-20-15)26-9-10-29-14(11-26)12-27-18-16(23-24-27)17(21-13-22-18)25-7-3-4-8-25/h1-2,5-6,13-14H,3-4,7-12H2/t14-/m1/s1. The third-order valence-electron chi connectivity index (χ3n) is 5.37. The molecule has 0 aliphatic carbocycles. The number of nitrogens with zero attached hydrogens (tertiary/aromatic N) is 8. The van der Waals surface area contributed by atoms with Gasteiger partial charge in [-0.3, -0.25) is 9.78 Å². The van der Waals surface area contributed by atoms with Gasteiger partial charge in [0.2, 0.25) is 0 Å². The molecule has 2 saturated heterocycles. The quantitative estimate of drug-likeness (QED) is 0.639. The van der Waals surface area contributed by atoms with Crippen LogP contribution in [0.25, 0.3) is 11.2 Å². The fourth-order valence-electron chi connectivity index (χ4n) is 3.92. The highest BCUT2D eigenvalue weighted by atomic mass is 16.5. The zero-order valence-electron chi connectivity index (χ0n) is 16.0. The molecule has 0 spiro atoms. The Morgan fingerprint density at radius 3 is 2.86 bits per heavy atom. The van der Waals surface area contributed by atoms with Crippen molar-refractivity contribution in [3.63, 3.8) is 0 Å². The molecule has 0 N–H and O–H groups in total. The second kappa shape index (κ2) is 7.70. The van der Waals surface area contributed by atoms with Crippen molar-refractivity contribution in [3.8, 4) is 0 Å². The van der Waals surface area contributed by atoms with E-state index in [1.165, 1.54) is 0 Å². The van der Waals surface area contributed by atoms with Crippen LogP contribution in [0.4, 0.5) is 5.82 Å². The average molecular weight is 394 g/mol. The summed E-state index contributed by atoms with van der Waals surface area (Å²) in [5, 5.41) is 8.62. The fourth-order valence-corrected chi connectivity index (χ4v) is 3.92. The third kappa shape index (κ3) is 3.51. The molecule has 2 fully saturated rings. The van der Waals surface area contributed by atoms with Gasteiger partial charge in [-0.25, -0.2) is 14.6 Å². The maximum atomic E-state index is 12.7. The number of morpholine rings is 1. The number of anilines is 1. The van der Waals surface area contributed by atoms with Gasteiger partial charge in [0, 0.05) is 32.4 Å². The molecule has 0 unspecified atom stereocenters. The monoisotopic (exact) mass is 394 g/mol. The second-order valence-electron chi connectivity index (χ2n) is 7.29. The second-order valence-corrected chi connectivity index (χ2v) is 7.29. The highest BCUT2D eigenvalue weighted by molar-refractivity contribution is 5.92. The number of rotatable bonds is 4. The largest absolute Gasteiger partial charge is 0.373 e. The minimum atomic E-state index is -0.188. The maximum absolute atomic E-state index is 12.7. The van der Waals surface area contributed by atoms with Crippen molar-refractivity contribution in [2.75, 3.05) is 37.7 Å². The smallest absolute Gasteiger partial charge is 0.272 e. The molecule has 5 rings (SSSR count). The lowest BCUT2D eigenvalue weighted by atomic mass is 10.2. The first kappa shape index (κ1) is 17.9. The topological polar surface area (TPSA) is 102 Å². The first-order valence-corrected chi connectivity index (χ1v) is 9.90. The lowest BCUT2D eigenvalue weighted by Gasteiger charge is -2.32. The van der Waals surface area contributed by atoms with Gasteiger partial charge in [0.1, 0.15) is 12.0 Å². The van der Waals surface area contributed by atoms with Crippen molar-refractivity contribution in [2.45, 2.75) is 25.5 Å². The van der Waals surface area contributed by atoms with Crippen LogP contribution in [-0.4, -0.2) is 79.6 Å². The number of aromatic nitrogens is 6. The summed E-state index contributed by atoms with van der Waals surface area (Å²) in [6.45, 7) is 3.93. The first-order valence-electron chi connectivity index (χ1n) is 9.90. The van der Waals surface area contributed by atoms with E-state index in [2.05, 4.69) is 30.2 Å². The van der Waals surface area contributed by atoms with E-state index in [0.29, 0.717) is 43.1 Å². The molecule has 29 heavy (non-hydrogen) atoms. The van der Waals surface area contributed by atoms with Gasteiger partial charge in [-0.15, -0.1) is 5.10 Å². The summed E-state index contributed by atoms with van der Waals surface area (Å²) in [6.07, 6.45) is 5.33. The summed E-state index contributed by atoms with van der Waals surface area (Å²) in [7, 11) is 0. The number of pyridine rings is 1.